The van der Waals surface area contributed by atoms with E-state index in [2.05, 4.69) is 10.4 Å². The van der Waals surface area contributed by atoms with Crippen LogP contribution in [0.3, 0.4) is 0 Å². The predicted molar refractivity (Wildman–Crippen MR) is 79.9 cm³/mol. The standard InChI is InChI=1S/C15H23N3O4/c1-10(2)18-9-12(11(3)17-18)14(21)16-15(8-13(19)20)4-6-22-7-5-15/h9-10H,4-8H2,1-3H3,(H,16,21)(H,19,20). The zero-order chi connectivity index (χ0) is 16.3. The molecular weight excluding hydrogens is 286 g/mol. The molecule has 1 amide bonds. The number of aryl methyl sites for hydroxylation is 1. The number of aromatic nitrogens is 2. The van der Waals surface area contributed by atoms with Gasteiger partial charge in [-0.15, -0.1) is 0 Å². The van der Waals surface area contributed by atoms with Crippen molar-refractivity contribution in [3.63, 3.8) is 0 Å². The van der Waals surface area contributed by atoms with Gasteiger partial charge in [0.1, 0.15) is 0 Å². The molecule has 2 N–H and O–H groups in total. The number of rotatable bonds is 5. The van der Waals surface area contributed by atoms with E-state index >= 15 is 0 Å². The number of carbonyl (C=O) groups excluding carboxylic acids is 1. The summed E-state index contributed by atoms with van der Waals surface area (Å²) >= 11 is 0. The highest BCUT2D eigenvalue weighted by Gasteiger charge is 2.37. The fraction of sp³-hybridized carbons (Fsp3) is 0.667. The van der Waals surface area contributed by atoms with Crippen molar-refractivity contribution in [2.24, 2.45) is 0 Å². The zero-order valence-electron chi connectivity index (χ0n) is 13.3. The van der Waals surface area contributed by atoms with E-state index in [9.17, 15) is 9.59 Å². The zero-order valence-corrected chi connectivity index (χ0v) is 13.3. The molecule has 122 valence electrons. The Kier molecular flexibility index (Phi) is 4.85. The van der Waals surface area contributed by atoms with Crippen LogP contribution in [0.2, 0.25) is 0 Å². The monoisotopic (exact) mass is 309 g/mol. The summed E-state index contributed by atoms with van der Waals surface area (Å²) in [6, 6.07) is 0.163. The van der Waals surface area contributed by atoms with Crippen LogP contribution in [0, 0.1) is 6.92 Å². The van der Waals surface area contributed by atoms with Crippen molar-refractivity contribution >= 4 is 11.9 Å². The summed E-state index contributed by atoms with van der Waals surface area (Å²) in [4.78, 5) is 23.7. The third-order valence-electron chi connectivity index (χ3n) is 4.01. The molecule has 1 aromatic rings. The molecule has 1 aromatic heterocycles. The maximum absolute atomic E-state index is 12.6. The number of hydrogen-bond donors (Lipinski definition) is 2. The largest absolute Gasteiger partial charge is 0.481 e. The average Bonchev–Trinajstić information content (AvgIpc) is 2.81. The number of carbonyl (C=O) groups is 2. The Morgan fingerprint density at radius 3 is 2.59 bits per heavy atom. The van der Waals surface area contributed by atoms with Crippen LogP contribution in [0.5, 0.6) is 0 Å². The molecular formula is C15H23N3O4. The van der Waals surface area contributed by atoms with Gasteiger partial charge in [-0.1, -0.05) is 0 Å². The number of carboxylic acid groups (broad SMARTS) is 1. The number of aliphatic carboxylic acids is 1. The molecule has 2 heterocycles. The van der Waals surface area contributed by atoms with Crippen molar-refractivity contribution in [3.05, 3.63) is 17.5 Å². The van der Waals surface area contributed by atoms with Gasteiger partial charge in [-0.3, -0.25) is 14.3 Å². The SMILES string of the molecule is Cc1nn(C(C)C)cc1C(=O)NC1(CC(=O)O)CCOCC1. The van der Waals surface area contributed by atoms with Gasteiger partial charge in [0.25, 0.3) is 5.91 Å². The second-order valence-electron chi connectivity index (χ2n) is 6.12. The molecule has 0 aliphatic carbocycles. The van der Waals surface area contributed by atoms with Gasteiger partial charge in [0, 0.05) is 25.5 Å². The molecule has 0 spiro atoms. The highest BCUT2D eigenvalue weighted by Crippen LogP contribution is 2.25. The van der Waals surface area contributed by atoms with E-state index in [0.29, 0.717) is 37.3 Å². The number of carboxylic acids is 1. The summed E-state index contributed by atoms with van der Waals surface area (Å²) in [5, 5.41) is 16.4. The summed E-state index contributed by atoms with van der Waals surface area (Å²) in [5.74, 6) is -1.19. The van der Waals surface area contributed by atoms with E-state index in [0.717, 1.165) is 0 Å². The third-order valence-corrected chi connectivity index (χ3v) is 4.01. The Balaban J connectivity index is 2.19. The molecule has 1 fully saturated rings. The molecule has 7 nitrogen and oxygen atoms in total. The molecule has 1 aliphatic heterocycles. The van der Waals surface area contributed by atoms with E-state index in [1.807, 2.05) is 13.8 Å². The van der Waals surface area contributed by atoms with Crippen LogP contribution in [0.1, 0.15) is 55.2 Å². The van der Waals surface area contributed by atoms with Crippen LogP contribution >= 0.6 is 0 Å². The van der Waals surface area contributed by atoms with E-state index in [-0.39, 0.29) is 18.4 Å². The summed E-state index contributed by atoms with van der Waals surface area (Å²) in [6.07, 6.45) is 2.62. The fourth-order valence-corrected chi connectivity index (χ4v) is 2.67. The minimum Gasteiger partial charge on any atom is -0.481 e. The topological polar surface area (TPSA) is 93.5 Å². The fourth-order valence-electron chi connectivity index (χ4n) is 2.67. The van der Waals surface area contributed by atoms with Gasteiger partial charge in [0.15, 0.2) is 0 Å². The van der Waals surface area contributed by atoms with E-state index in [1.54, 1.807) is 17.8 Å². The first-order valence-corrected chi connectivity index (χ1v) is 7.51. The lowest BCUT2D eigenvalue weighted by atomic mass is 9.86. The lowest BCUT2D eigenvalue weighted by Crippen LogP contribution is -2.53. The molecule has 0 radical (unpaired) electrons. The van der Waals surface area contributed by atoms with Crippen molar-refractivity contribution in [3.8, 4) is 0 Å². The number of nitrogens with zero attached hydrogens (tertiary/aromatic N) is 2. The molecule has 1 aliphatic rings. The van der Waals surface area contributed by atoms with Gasteiger partial charge < -0.3 is 15.2 Å². The molecule has 0 bridgehead atoms. The van der Waals surface area contributed by atoms with Crippen molar-refractivity contribution < 1.29 is 19.4 Å². The van der Waals surface area contributed by atoms with E-state index in [1.165, 1.54) is 0 Å². The molecule has 22 heavy (non-hydrogen) atoms. The van der Waals surface area contributed by atoms with Crippen LogP contribution in [0.25, 0.3) is 0 Å². The smallest absolute Gasteiger partial charge is 0.305 e. The summed E-state index contributed by atoms with van der Waals surface area (Å²) < 4.78 is 7.03. The highest BCUT2D eigenvalue weighted by molar-refractivity contribution is 5.95. The minimum absolute atomic E-state index is 0.0978. The van der Waals surface area contributed by atoms with Crippen LogP contribution in [-0.2, 0) is 9.53 Å². The summed E-state index contributed by atoms with van der Waals surface area (Å²) in [5.41, 5.74) is 0.391. The van der Waals surface area contributed by atoms with Crippen molar-refractivity contribution in [2.75, 3.05) is 13.2 Å². The Labute approximate surface area is 129 Å². The quantitative estimate of drug-likeness (QED) is 0.860. The van der Waals surface area contributed by atoms with Crippen molar-refractivity contribution in [1.82, 2.24) is 15.1 Å². The first-order chi connectivity index (χ1) is 10.3. The van der Waals surface area contributed by atoms with Crippen LogP contribution in [0.4, 0.5) is 0 Å². The summed E-state index contributed by atoms with van der Waals surface area (Å²) in [7, 11) is 0. The van der Waals surface area contributed by atoms with Crippen LogP contribution in [0.15, 0.2) is 6.20 Å². The first-order valence-electron chi connectivity index (χ1n) is 7.51. The number of amides is 1. The van der Waals surface area contributed by atoms with E-state index in [4.69, 9.17) is 9.84 Å². The van der Waals surface area contributed by atoms with Gasteiger partial charge in [-0.05, 0) is 33.6 Å². The minimum atomic E-state index is -0.920. The second-order valence-corrected chi connectivity index (χ2v) is 6.12. The third kappa shape index (κ3) is 3.65. The van der Waals surface area contributed by atoms with Gasteiger partial charge in [0.2, 0.25) is 0 Å². The summed E-state index contributed by atoms with van der Waals surface area (Å²) in [6.45, 7) is 6.66. The van der Waals surface area contributed by atoms with Crippen LogP contribution < -0.4 is 5.32 Å². The maximum atomic E-state index is 12.6. The predicted octanol–water partition coefficient (Wildman–Crippen LogP) is 1.53. The van der Waals surface area contributed by atoms with Gasteiger partial charge in [-0.25, -0.2) is 0 Å². The molecule has 1 saturated heterocycles. The molecule has 0 aromatic carbocycles. The van der Waals surface area contributed by atoms with Crippen LogP contribution in [-0.4, -0.2) is 45.5 Å². The van der Waals surface area contributed by atoms with Crippen molar-refractivity contribution in [2.45, 2.75) is 51.6 Å². The Hall–Kier alpha value is -1.89. The Morgan fingerprint density at radius 1 is 1.45 bits per heavy atom. The van der Waals surface area contributed by atoms with Gasteiger partial charge >= 0.3 is 5.97 Å². The molecule has 0 unspecified atom stereocenters. The lowest BCUT2D eigenvalue weighted by molar-refractivity contribution is -0.139. The van der Waals surface area contributed by atoms with Crippen molar-refractivity contribution in [1.29, 1.82) is 0 Å². The Morgan fingerprint density at radius 2 is 2.09 bits per heavy atom. The number of hydrogen-bond acceptors (Lipinski definition) is 4. The molecule has 7 heteroatoms. The molecule has 0 atom stereocenters. The lowest BCUT2D eigenvalue weighted by Gasteiger charge is -2.36. The number of nitrogens with one attached hydrogen (secondary N) is 1. The Bertz CT molecular complexity index is 559. The second kappa shape index (κ2) is 6.48. The molecule has 2 rings (SSSR count). The first kappa shape index (κ1) is 16.5. The average molecular weight is 309 g/mol. The van der Waals surface area contributed by atoms with Gasteiger partial charge in [-0.2, -0.15) is 5.10 Å². The highest BCUT2D eigenvalue weighted by atomic mass is 16.5. The van der Waals surface area contributed by atoms with E-state index < -0.39 is 11.5 Å². The number of ether oxygens (including phenoxy) is 1. The van der Waals surface area contributed by atoms with Gasteiger partial charge in [0.05, 0.1) is 23.2 Å². The molecule has 0 saturated carbocycles. The maximum Gasteiger partial charge on any atom is 0.305 e. The normalized spacial score (nSPS) is 17.5.